The Labute approximate surface area is 114 Å². The third-order valence-corrected chi connectivity index (χ3v) is 4.92. The van der Waals surface area contributed by atoms with Crippen molar-refractivity contribution in [3.05, 3.63) is 0 Å². The smallest absolute Gasteiger partial charge is 0.222 e. The van der Waals surface area contributed by atoms with E-state index in [0.717, 1.165) is 32.3 Å². The topological polar surface area (TPSA) is 75.7 Å². The molecule has 2 rings (SSSR count). The van der Waals surface area contributed by atoms with Crippen molar-refractivity contribution in [1.82, 2.24) is 9.62 Å². The van der Waals surface area contributed by atoms with Crippen molar-refractivity contribution in [1.29, 1.82) is 0 Å². The molecular formula is C12H22N2O4S. The summed E-state index contributed by atoms with van der Waals surface area (Å²) in [6.07, 6.45) is 5.21. The van der Waals surface area contributed by atoms with E-state index in [1.54, 1.807) is 0 Å². The lowest BCUT2D eigenvalue weighted by atomic mass is 10.1. The number of amides is 1. The summed E-state index contributed by atoms with van der Waals surface area (Å²) in [6.45, 7) is 1.68. The van der Waals surface area contributed by atoms with Gasteiger partial charge in [0.1, 0.15) is 0 Å². The molecule has 0 radical (unpaired) electrons. The van der Waals surface area contributed by atoms with Crippen LogP contribution in [0.2, 0.25) is 0 Å². The minimum absolute atomic E-state index is 0.0350. The van der Waals surface area contributed by atoms with Crippen LogP contribution < -0.4 is 5.32 Å². The monoisotopic (exact) mass is 290 g/mol. The van der Waals surface area contributed by atoms with E-state index >= 15 is 0 Å². The summed E-state index contributed by atoms with van der Waals surface area (Å²) < 4.78 is 29.8. The molecule has 19 heavy (non-hydrogen) atoms. The van der Waals surface area contributed by atoms with Gasteiger partial charge in [-0.25, -0.2) is 12.7 Å². The quantitative estimate of drug-likeness (QED) is 0.796. The maximum atomic E-state index is 11.9. The molecule has 0 spiro atoms. The van der Waals surface area contributed by atoms with Crippen LogP contribution in [-0.4, -0.2) is 56.7 Å². The highest BCUT2D eigenvalue weighted by Gasteiger charge is 2.27. The SMILES string of the molecule is CS(=O)(=O)N1CCCC(NC(=O)CC2CCCO2)C1. The molecule has 6 nitrogen and oxygen atoms in total. The number of rotatable bonds is 4. The Bertz CT molecular complexity index is 417. The highest BCUT2D eigenvalue weighted by atomic mass is 32.2. The minimum Gasteiger partial charge on any atom is -0.378 e. The van der Waals surface area contributed by atoms with Crippen LogP contribution in [-0.2, 0) is 19.6 Å². The van der Waals surface area contributed by atoms with Gasteiger partial charge in [-0.3, -0.25) is 4.79 Å². The van der Waals surface area contributed by atoms with Crippen molar-refractivity contribution in [3.8, 4) is 0 Å². The minimum atomic E-state index is -3.16. The lowest BCUT2D eigenvalue weighted by Crippen LogP contribution is -2.49. The fourth-order valence-corrected chi connectivity index (χ4v) is 3.57. The number of ether oxygens (including phenoxy) is 1. The summed E-state index contributed by atoms with van der Waals surface area (Å²) >= 11 is 0. The largest absolute Gasteiger partial charge is 0.378 e. The first kappa shape index (κ1) is 14.7. The predicted octanol–water partition coefficient (Wildman–Crippen LogP) is 0.0957. The molecule has 7 heteroatoms. The van der Waals surface area contributed by atoms with Crippen LogP contribution in [0, 0.1) is 0 Å². The van der Waals surface area contributed by atoms with E-state index in [-0.39, 0.29) is 18.1 Å². The van der Waals surface area contributed by atoms with Gasteiger partial charge in [0, 0.05) is 25.7 Å². The summed E-state index contributed by atoms with van der Waals surface area (Å²) in [4.78, 5) is 11.9. The van der Waals surface area contributed by atoms with Gasteiger partial charge < -0.3 is 10.1 Å². The molecule has 1 N–H and O–H groups in total. The summed E-state index contributed by atoms with van der Waals surface area (Å²) in [6, 6.07) is -0.0719. The Kier molecular flexibility index (Phi) is 4.81. The van der Waals surface area contributed by atoms with Gasteiger partial charge >= 0.3 is 0 Å². The molecule has 0 bridgehead atoms. The van der Waals surface area contributed by atoms with E-state index in [9.17, 15) is 13.2 Å². The highest BCUT2D eigenvalue weighted by Crippen LogP contribution is 2.16. The molecule has 0 aromatic heterocycles. The molecule has 0 saturated carbocycles. The molecule has 110 valence electrons. The Morgan fingerprint density at radius 1 is 1.37 bits per heavy atom. The van der Waals surface area contributed by atoms with E-state index in [0.29, 0.717) is 19.5 Å². The molecule has 2 atom stereocenters. The summed E-state index contributed by atoms with van der Waals surface area (Å²) in [5, 5.41) is 2.92. The number of nitrogens with zero attached hydrogens (tertiary/aromatic N) is 1. The number of piperidine rings is 1. The Morgan fingerprint density at radius 2 is 2.16 bits per heavy atom. The summed E-state index contributed by atoms with van der Waals surface area (Å²) in [7, 11) is -3.16. The van der Waals surface area contributed by atoms with E-state index < -0.39 is 10.0 Å². The average molecular weight is 290 g/mol. The summed E-state index contributed by atoms with van der Waals surface area (Å²) in [5.74, 6) is -0.0350. The number of hydrogen-bond donors (Lipinski definition) is 1. The molecular weight excluding hydrogens is 268 g/mol. The van der Waals surface area contributed by atoms with Gasteiger partial charge in [0.15, 0.2) is 0 Å². The molecule has 2 aliphatic rings. The normalized spacial score (nSPS) is 29.3. The van der Waals surface area contributed by atoms with Gasteiger partial charge in [-0.1, -0.05) is 0 Å². The van der Waals surface area contributed by atoms with Gasteiger partial charge in [0.05, 0.1) is 18.8 Å². The van der Waals surface area contributed by atoms with Crippen molar-refractivity contribution in [2.75, 3.05) is 26.0 Å². The van der Waals surface area contributed by atoms with Crippen LogP contribution in [0.15, 0.2) is 0 Å². The maximum absolute atomic E-state index is 11.9. The first-order valence-electron chi connectivity index (χ1n) is 6.81. The van der Waals surface area contributed by atoms with Crippen molar-refractivity contribution < 1.29 is 17.9 Å². The number of hydrogen-bond acceptors (Lipinski definition) is 4. The third-order valence-electron chi connectivity index (χ3n) is 3.66. The van der Waals surface area contributed by atoms with E-state index in [1.807, 2.05) is 0 Å². The van der Waals surface area contributed by atoms with Gasteiger partial charge in [-0.2, -0.15) is 0 Å². The molecule has 2 unspecified atom stereocenters. The average Bonchev–Trinajstić information content (AvgIpc) is 2.80. The lowest BCUT2D eigenvalue weighted by Gasteiger charge is -2.31. The van der Waals surface area contributed by atoms with Gasteiger partial charge in [0.25, 0.3) is 0 Å². The van der Waals surface area contributed by atoms with Gasteiger partial charge in [-0.15, -0.1) is 0 Å². The first-order valence-corrected chi connectivity index (χ1v) is 8.66. The number of sulfonamides is 1. The molecule has 0 aliphatic carbocycles. The van der Waals surface area contributed by atoms with Gasteiger partial charge in [0.2, 0.25) is 15.9 Å². The zero-order valence-corrected chi connectivity index (χ0v) is 12.1. The zero-order valence-electron chi connectivity index (χ0n) is 11.3. The molecule has 2 saturated heterocycles. The fourth-order valence-electron chi connectivity index (χ4n) is 2.66. The van der Waals surface area contributed by atoms with E-state index in [1.165, 1.54) is 10.6 Å². The number of carbonyl (C=O) groups excluding carboxylic acids is 1. The molecule has 2 aliphatic heterocycles. The van der Waals surface area contributed by atoms with Crippen molar-refractivity contribution in [2.45, 2.75) is 44.2 Å². The van der Waals surface area contributed by atoms with Crippen molar-refractivity contribution in [3.63, 3.8) is 0 Å². The van der Waals surface area contributed by atoms with E-state index in [2.05, 4.69) is 5.32 Å². The highest BCUT2D eigenvalue weighted by molar-refractivity contribution is 7.88. The molecule has 0 aromatic carbocycles. The lowest BCUT2D eigenvalue weighted by molar-refractivity contribution is -0.124. The molecule has 2 heterocycles. The Morgan fingerprint density at radius 3 is 2.79 bits per heavy atom. The standard InChI is InChI=1S/C12H22N2O4S/c1-19(16,17)14-6-2-4-10(9-14)13-12(15)8-11-5-3-7-18-11/h10-11H,2-9H2,1H3,(H,13,15). The zero-order chi connectivity index (χ0) is 13.9. The van der Waals surface area contributed by atoms with Gasteiger partial charge in [-0.05, 0) is 25.7 Å². The second-order valence-corrected chi connectivity index (χ2v) is 7.35. The van der Waals surface area contributed by atoms with Crippen LogP contribution >= 0.6 is 0 Å². The van der Waals surface area contributed by atoms with Crippen LogP contribution in [0.1, 0.15) is 32.1 Å². The Balaban J connectivity index is 1.79. The van der Waals surface area contributed by atoms with E-state index in [4.69, 9.17) is 4.74 Å². The fraction of sp³-hybridized carbons (Fsp3) is 0.917. The Hall–Kier alpha value is -0.660. The molecule has 2 fully saturated rings. The van der Waals surface area contributed by atoms with Crippen LogP contribution in [0.4, 0.5) is 0 Å². The van der Waals surface area contributed by atoms with Crippen molar-refractivity contribution in [2.24, 2.45) is 0 Å². The summed E-state index contributed by atoms with van der Waals surface area (Å²) in [5.41, 5.74) is 0. The number of nitrogens with one attached hydrogen (secondary N) is 1. The predicted molar refractivity (Wildman–Crippen MR) is 71.2 cm³/mol. The van der Waals surface area contributed by atoms with Crippen molar-refractivity contribution >= 4 is 15.9 Å². The second-order valence-electron chi connectivity index (χ2n) is 5.37. The number of carbonyl (C=O) groups is 1. The van der Waals surface area contributed by atoms with Crippen LogP contribution in [0.25, 0.3) is 0 Å². The van der Waals surface area contributed by atoms with Crippen LogP contribution in [0.5, 0.6) is 0 Å². The van der Waals surface area contributed by atoms with Crippen LogP contribution in [0.3, 0.4) is 0 Å². The third kappa shape index (κ3) is 4.43. The first-order chi connectivity index (χ1) is 8.95. The molecule has 1 amide bonds. The maximum Gasteiger partial charge on any atom is 0.222 e. The molecule has 0 aromatic rings. The second kappa shape index (κ2) is 6.19.